The molecule has 0 aliphatic carbocycles. The van der Waals surface area contributed by atoms with Crippen molar-refractivity contribution in [3.8, 4) is 0 Å². The molecule has 2 N–H and O–H groups in total. The molecule has 0 saturated carbocycles. The molecule has 0 aliphatic heterocycles. The van der Waals surface area contributed by atoms with Crippen LogP contribution in [0.2, 0.25) is 19.6 Å². The second kappa shape index (κ2) is 5.63. The topological polar surface area (TPSA) is 43.1 Å². The summed E-state index contributed by atoms with van der Waals surface area (Å²) in [5.41, 5.74) is 8.22. The van der Waals surface area contributed by atoms with E-state index >= 15 is 0 Å². The van der Waals surface area contributed by atoms with Crippen LogP contribution in [0.15, 0.2) is 48.5 Å². The molecule has 20 heavy (non-hydrogen) atoms. The third-order valence-electron chi connectivity index (χ3n) is 3.50. The van der Waals surface area contributed by atoms with Crippen molar-refractivity contribution < 1.29 is 4.79 Å². The van der Waals surface area contributed by atoms with Gasteiger partial charge in [-0.3, -0.25) is 4.79 Å². The van der Waals surface area contributed by atoms with Crippen LogP contribution in [0, 0.1) is 0 Å². The van der Waals surface area contributed by atoms with Gasteiger partial charge in [-0.25, -0.2) is 0 Å². The van der Waals surface area contributed by atoms with E-state index in [0.29, 0.717) is 5.56 Å². The highest BCUT2D eigenvalue weighted by Crippen LogP contribution is 2.14. The van der Waals surface area contributed by atoms with Crippen LogP contribution in [0.5, 0.6) is 0 Å². The summed E-state index contributed by atoms with van der Waals surface area (Å²) in [4.78, 5) is 11.4. The minimum atomic E-state index is -1.25. The quantitative estimate of drug-likeness (QED) is 0.861. The van der Waals surface area contributed by atoms with Gasteiger partial charge in [0, 0.05) is 5.56 Å². The lowest BCUT2D eigenvalue weighted by Gasteiger charge is -2.17. The molecule has 0 unspecified atom stereocenters. The smallest absolute Gasteiger partial charge is 0.248 e. The van der Waals surface area contributed by atoms with Crippen LogP contribution in [0.25, 0.3) is 0 Å². The fraction of sp³-hybridized carbons (Fsp3) is 0.235. The number of amides is 1. The van der Waals surface area contributed by atoms with Gasteiger partial charge in [0.25, 0.3) is 0 Å². The Morgan fingerprint density at radius 3 is 2.15 bits per heavy atom. The zero-order valence-corrected chi connectivity index (χ0v) is 13.3. The molecular weight excluding hydrogens is 262 g/mol. The number of carbonyl (C=O) groups is 1. The predicted octanol–water partition coefficient (Wildman–Crippen LogP) is 2.92. The van der Waals surface area contributed by atoms with E-state index in [-0.39, 0.29) is 5.91 Å². The Morgan fingerprint density at radius 2 is 1.60 bits per heavy atom. The van der Waals surface area contributed by atoms with Crippen molar-refractivity contribution in [3.63, 3.8) is 0 Å². The largest absolute Gasteiger partial charge is 0.366 e. The molecule has 0 radical (unpaired) electrons. The van der Waals surface area contributed by atoms with E-state index < -0.39 is 8.07 Å². The maximum Gasteiger partial charge on any atom is 0.248 e. The number of primary amides is 1. The Labute approximate surface area is 121 Å². The van der Waals surface area contributed by atoms with Gasteiger partial charge in [-0.15, -0.1) is 0 Å². The minimum absolute atomic E-state index is 0.362. The molecule has 1 amide bonds. The Morgan fingerprint density at radius 1 is 1.00 bits per heavy atom. The van der Waals surface area contributed by atoms with Crippen LogP contribution in [-0.4, -0.2) is 14.0 Å². The van der Waals surface area contributed by atoms with E-state index in [1.807, 2.05) is 18.2 Å². The summed E-state index contributed by atoms with van der Waals surface area (Å²) in [6, 6.07) is 16.3. The van der Waals surface area contributed by atoms with Crippen LogP contribution in [0.3, 0.4) is 0 Å². The van der Waals surface area contributed by atoms with E-state index in [4.69, 9.17) is 5.73 Å². The maximum atomic E-state index is 11.4. The second-order valence-electron chi connectivity index (χ2n) is 6.15. The third kappa shape index (κ3) is 3.36. The number of benzene rings is 2. The zero-order valence-electron chi connectivity index (χ0n) is 12.3. The first-order valence-corrected chi connectivity index (χ1v) is 10.3. The van der Waals surface area contributed by atoms with E-state index in [2.05, 4.69) is 43.9 Å². The van der Waals surface area contributed by atoms with Gasteiger partial charge in [-0.1, -0.05) is 67.3 Å². The molecule has 2 rings (SSSR count). The molecular formula is C17H21NOSi. The molecule has 0 aromatic heterocycles. The van der Waals surface area contributed by atoms with Crippen molar-refractivity contribution >= 4 is 19.2 Å². The number of rotatable bonds is 4. The normalized spacial score (nSPS) is 11.3. The maximum absolute atomic E-state index is 11.4. The van der Waals surface area contributed by atoms with Crippen molar-refractivity contribution in [1.82, 2.24) is 0 Å². The average molecular weight is 283 g/mol. The molecule has 2 aromatic carbocycles. The number of hydrogen-bond acceptors (Lipinski definition) is 1. The van der Waals surface area contributed by atoms with Crippen LogP contribution < -0.4 is 10.9 Å². The van der Waals surface area contributed by atoms with Gasteiger partial charge in [0.15, 0.2) is 0 Å². The first-order valence-electron chi connectivity index (χ1n) is 6.85. The van der Waals surface area contributed by atoms with E-state index in [9.17, 15) is 4.79 Å². The number of carbonyl (C=O) groups excluding carboxylic acids is 1. The summed E-state index contributed by atoms with van der Waals surface area (Å²) in [5.74, 6) is -0.362. The van der Waals surface area contributed by atoms with Gasteiger partial charge in [0.1, 0.15) is 0 Å². The van der Waals surface area contributed by atoms with Crippen LogP contribution >= 0.6 is 0 Å². The Hall–Kier alpha value is -1.87. The molecule has 2 nitrogen and oxygen atoms in total. The van der Waals surface area contributed by atoms with E-state index in [1.165, 1.54) is 10.8 Å². The predicted molar refractivity (Wildman–Crippen MR) is 87.2 cm³/mol. The highest BCUT2D eigenvalue weighted by Gasteiger charge is 2.15. The molecule has 0 bridgehead atoms. The lowest BCUT2D eigenvalue weighted by molar-refractivity contribution is 0.0999. The highest BCUT2D eigenvalue weighted by atomic mass is 28.3. The van der Waals surface area contributed by atoms with Gasteiger partial charge < -0.3 is 5.73 Å². The summed E-state index contributed by atoms with van der Waals surface area (Å²) in [7, 11) is -1.25. The van der Waals surface area contributed by atoms with Gasteiger partial charge >= 0.3 is 0 Å². The first-order chi connectivity index (χ1) is 9.38. The Bertz CT molecular complexity index is 612. The molecule has 0 saturated heterocycles. The molecule has 2 aromatic rings. The van der Waals surface area contributed by atoms with E-state index in [0.717, 1.165) is 12.0 Å². The minimum Gasteiger partial charge on any atom is -0.366 e. The summed E-state index contributed by atoms with van der Waals surface area (Å²) >= 11 is 0. The molecule has 0 aliphatic rings. The molecule has 3 heteroatoms. The van der Waals surface area contributed by atoms with Gasteiger partial charge in [0.2, 0.25) is 5.91 Å². The zero-order chi connectivity index (χ0) is 14.8. The third-order valence-corrected chi connectivity index (χ3v) is 5.56. The van der Waals surface area contributed by atoms with Crippen molar-refractivity contribution in [2.45, 2.75) is 26.1 Å². The second-order valence-corrected chi connectivity index (χ2v) is 11.2. The molecule has 0 spiro atoms. The fourth-order valence-electron chi connectivity index (χ4n) is 2.26. The molecule has 0 heterocycles. The molecule has 0 fully saturated rings. The summed E-state index contributed by atoms with van der Waals surface area (Å²) in [6.07, 6.45) is 0.741. The summed E-state index contributed by atoms with van der Waals surface area (Å²) in [6.45, 7) is 7.01. The lowest BCUT2D eigenvalue weighted by atomic mass is 9.99. The summed E-state index contributed by atoms with van der Waals surface area (Å²) in [5, 5.41) is 1.45. The van der Waals surface area contributed by atoms with Crippen LogP contribution in [0.1, 0.15) is 21.5 Å². The van der Waals surface area contributed by atoms with Gasteiger partial charge in [-0.2, -0.15) is 0 Å². The fourth-order valence-corrected chi connectivity index (χ4v) is 3.42. The Balaban J connectivity index is 2.25. The van der Waals surface area contributed by atoms with Crippen LogP contribution in [-0.2, 0) is 6.42 Å². The van der Waals surface area contributed by atoms with Crippen molar-refractivity contribution in [1.29, 1.82) is 0 Å². The van der Waals surface area contributed by atoms with E-state index in [1.54, 1.807) is 6.07 Å². The van der Waals surface area contributed by atoms with Gasteiger partial charge in [0.05, 0.1) is 8.07 Å². The van der Waals surface area contributed by atoms with Crippen molar-refractivity contribution in [3.05, 3.63) is 65.2 Å². The number of nitrogens with two attached hydrogens (primary N) is 1. The van der Waals surface area contributed by atoms with Crippen molar-refractivity contribution in [2.24, 2.45) is 5.73 Å². The van der Waals surface area contributed by atoms with Crippen molar-refractivity contribution in [2.75, 3.05) is 0 Å². The Kier molecular flexibility index (Phi) is 4.09. The summed E-state index contributed by atoms with van der Waals surface area (Å²) < 4.78 is 0. The molecule has 0 atom stereocenters. The lowest BCUT2D eigenvalue weighted by Crippen LogP contribution is -2.37. The van der Waals surface area contributed by atoms with Crippen LogP contribution in [0.4, 0.5) is 0 Å². The SMILES string of the molecule is C[Si](C)(C)c1ccc(Cc2ccccc2C(N)=O)cc1. The highest BCUT2D eigenvalue weighted by molar-refractivity contribution is 6.88. The van der Waals surface area contributed by atoms with Gasteiger partial charge in [-0.05, 0) is 23.6 Å². The first kappa shape index (κ1) is 14.5. The average Bonchev–Trinajstić information content (AvgIpc) is 2.38. The monoisotopic (exact) mass is 283 g/mol. The standard InChI is InChI=1S/C17H21NOSi/c1-20(2,3)15-10-8-13(9-11-15)12-14-6-4-5-7-16(14)17(18)19/h4-11H,12H2,1-3H3,(H2,18,19). The number of hydrogen-bond donors (Lipinski definition) is 1. The molecule has 104 valence electrons.